The van der Waals surface area contributed by atoms with Crippen LogP contribution in [0.1, 0.15) is 27.0 Å². The fourth-order valence-corrected chi connectivity index (χ4v) is 5.14. The summed E-state index contributed by atoms with van der Waals surface area (Å²) in [4.78, 5) is 37.2. The molecule has 0 aliphatic rings. The molecular weight excluding hydrogens is 540 g/mol. The normalized spacial score (nSPS) is 11.3. The molecular formula is C32H26N2O8. The number of aliphatic hydroxyl groups is 1. The zero-order valence-corrected chi connectivity index (χ0v) is 22.8. The van der Waals surface area contributed by atoms with Crippen molar-refractivity contribution in [1.29, 1.82) is 0 Å². The topological polar surface area (TPSA) is 126 Å². The van der Waals surface area contributed by atoms with Crippen LogP contribution in [0.25, 0.3) is 33.3 Å². The van der Waals surface area contributed by atoms with Crippen LogP contribution in [0.3, 0.4) is 0 Å². The molecule has 0 atom stereocenters. The average Bonchev–Trinajstić information content (AvgIpc) is 3.50. The smallest absolute Gasteiger partial charge is 0.420 e. The number of aldehydes is 1. The number of oxazole rings is 2. The van der Waals surface area contributed by atoms with E-state index in [4.69, 9.17) is 18.3 Å². The number of methoxy groups -OCH3 is 2. The van der Waals surface area contributed by atoms with Crippen LogP contribution >= 0.6 is 0 Å². The lowest BCUT2D eigenvalue weighted by Crippen LogP contribution is -2.15. The van der Waals surface area contributed by atoms with E-state index in [-0.39, 0.29) is 19.7 Å². The molecule has 4 aromatic carbocycles. The molecule has 10 nitrogen and oxygen atoms in total. The van der Waals surface area contributed by atoms with Gasteiger partial charge in [0.05, 0.1) is 44.9 Å². The van der Waals surface area contributed by atoms with Crippen molar-refractivity contribution in [3.8, 4) is 22.6 Å². The van der Waals surface area contributed by atoms with Crippen LogP contribution in [-0.4, -0.2) is 34.7 Å². The summed E-state index contributed by atoms with van der Waals surface area (Å²) in [5, 5.41) is 10.1. The Morgan fingerprint density at radius 2 is 1.50 bits per heavy atom. The number of aromatic nitrogens is 2. The standard InChI is InChI=1S/C32H26N2O8/c1-39-24-5-3-4-19(9-24)15-34-28-13-22(18-36)11-26(30(28)42-32(34)38)23-8-21(10-25(14-23)40-2)16-33-27-12-20(17-35)6-7-29(27)41-31(33)37/h3-14,17,36H,15-16,18H2,1-2H3. The number of carbonyl (C=O) groups excluding carboxylic acids is 1. The maximum atomic E-state index is 13.1. The summed E-state index contributed by atoms with van der Waals surface area (Å²) in [6.45, 7) is 0.107. The first-order valence-corrected chi connectivity index (χ1v) is 13.1. The van der Waals surface area contributed by atoms with Gasteiger partial charge in [0.1, 0.15) is 17.8 Å². The molecule has 212 valence electrons. The first kappa shape index (κ1) is 26.9. The summed E-state index contributed by atoms with van der Waals surface area (Å²) in [6, 6.07) is 21.1. The predicted octanol–water partition coefficient (Wildman–Crippen LogP) is 4.59. The van der Waals surface area contributed by atoms with Gasteiger partial charge in [-0.1, -0.05) is 12.1 Å². The molecule has 42 heavy (non-hydrogen) atoms. The minimum Gasteiger partial charge on any atom is -0.497 e. The van der Waals surface area contributed by atoms with E-state index in [2.05, 4.69) is 0 Å². The van der Waals surface area contributed by atoms with E-state index >= 15 is 0 Å². The molecule has 2 heterocycles. The summed E-state index contributed by atoms with van der Waals surface area (Å²) in [5.74, 6) is 0.0657. The molecule has 0 aliphatic heterocycles. The maximum Gasteiger partial charge on any atom is 0.420 e. The Morgan fingerprint density at radius 1 is 0.762 bits per heavy atom. The van der Waals surface area contributed by atoms with Gasteiger partial charge in [-0.05, 0) is 82.9 Å². The van der Waals surface area contributed by atoms with Crippen LogP contribution in [0.2, 0.25) is 0 Å². The number of hydrogen-bond acceptors (Lipinski definition) is 8. The second-order valence-electron chi connectivity index (χ2n) is 9.82. The summed E-state index contributed by atoms with van der Waals surface area (Å²) in [5.41, 5.74) is 5.49. The van der Waals surface area contributed by atoms with E-state index < -0.39 is 11.5 Å². The van der Waals surface area contributed by atoms with Crippen LogP contribution in [0.5, 0.6) is 11.5 Å². The van der Waals surface area contributed by atoms with E-state index in [9.17, 15) is 19.5 Å². The summed E-state index contributed by atoms with van der Waals surface area (Å²) in [6.07, 6.45) is 0.707. The van der Waals surface area contributed by atoms with Crippen molar-refractivity contribution in [1.82, 2.24) is 9.13 Å². The monoisotopic (exact) mass is 566 g/mol. The van der Waals surface area contributed by atoms with Gasteiger partial charge in [0.25, 0.3) is 0 Å². The Balaban J connectivity index is 1.48. The van der Waals surface area contributed by atoms with Crippen molar-refractivity contribution < 1.29 is 28.2 Å². The highest BCUT2D eigenvalue weighted by Crippen LogP contribution is 2.34. The number of benzene rings is 4. The lowest BCUT2D eigenvalue weighted by atomic mass is 9.99. The molecule has 0 aliphatic carbocycles. The first-order valence-electron chi connectivity index (χ1n) is 13.1. The molecule has 0 unspecified atom stereocenters. The Morgan fingerprint density at radius 3 is 2.26 bits per heavy atom. The van der Waals surface area contributed by atoms with Gasteiger partial charge in [0.15, 0.2) is 11.2 Å². The van der Waals surface area contributed by atoms with Crippen LogP contribution in [0, 0.1) is 0 Å². The predicted molar refractivity (Wildman–Crippen MR) is 155 cm³/mol. The van der Waals surface area contributed by atoms with E-state index in [0.29, 0.717) is 67.8 Å². The van der Waals surface area contributed by atoms with Gasteiger partial charge in [-0.25, -0.2) is 9.59 Å². The molecule has 0 amide bonds. The van der Waals surface area contributed by atoms with Crippen molar-refractivity contribution in [2.75, 3.05) is 14.2 Å². The molecule has 0 fully saturated rings. The van der Waals surface area contributed by atoms with Gasteiger partial charge in [-0.3, -0.25) is 13.9 Å². The number of aliphatic hydroxyl groups excluding tert-OH is 1. The molecule has 0 radical (unpaired) electrons. The van der Waals surface area contributed by atoms with Gasteiger partial charge in [0, 0.05) is 11.1 Å². The number of ether oxygens (including phenoxy) is 2. The molecule has 6 rings (SSSR count). The van der Waals surface area contributed by atoms with Crippen LogP contribution in [0.4, 0.5) is 0 Å². The third-order valence-electron chi connectivity index (χ3n) is 7.17. The maximum absolute atomic E-state index is 13.1. The average molecular weight is 567 g/mol. The van der Waals surface area contributed by atoms with Gasteiger partial charge in [0.2, 0.25) is 0 Å². The first-order chi connectivity index (χ1) is 20.4. The number of nitrogens with zero attached hydrogens (tertiary/aromatic N) is 2. The van der Waals surface area contributed by atoms with Gasteiger partial charge in [-0.2, -0.15) is 0 Å². The molecule has 2 aromatic heterocycles. The van der Waals surface area contributed by atoms with Crippen molar-refractivity contribution in [3.05, 3.63) is 116 Å². The zero-order valence-electron chi connectivity index (χ0n) is 22.8. The fraction of sp³-hybridized carbons (Fsp3) is 0.156. The second kappa shape index (κ2) is 10.9. The van der Waals surface area contributed by atoms with Crippen molar-refractivity contribution >= 4 is 28.5 Å². The van der Waals surface area contributed by atoms with E-state index in [1.54, 1.807) is 49.6 Å². The summed E-state index contributed by atoms with van der Waals surface area (Å²) < 4.78 is 25.0. The molecule has 0 bridgehead atoms. The Labute approximate surface area is 238 Å². The fourth-order valence-electron chi connectivity index (χ4n) is 5.14. The molecule has 10 heteroatoms. The van der Waals surface area contributed by atoms with Crippen LogP contribution in [0.15, 0.2) is 91.2 Å². The lowest BCUT2D eigenvalue weighted by molar-refractivity contribution is 0.112. The summed E-state index contributed by atoms with van der Waals surface area (Å²) >= 11 is 0. The Hall–Kier alpha value is -5.35. The zero-order chi connectivity index (χ0) is 29.4. The molecule has 6 aromatic rings. The van der Waals surface area contributed by atoms with Crippen molar-refractivity contribution in [2.24, 2.45) is 0 Å². The summed E-state index contributed by atoms with van der Waals surface area (Å²) in [7, 11) is 3.11. The molecule has 1 N–H and O–H groups in total. The SMILES string of the molecule is COc1cccc(Cn2c(=O)oc3c(-c4cc(Cn5c(=O)oc6ccc(C=O)cc65)cc(OC)c4)cc(CO)cc32)c1. The highest BCUT2D eigenvalue weighted by molar-refractivity contribution is 5.92. The highest BCUT2D eigenvalue weighted by Gasteiger charge is 2.19. The van der Waals surface area contributed by atoms with Crippen molar-refractivity contribution in [2.45, 2.75) is 19.7 Å². The van der Waals surface area contributed by atoms with Crippen LogP contribution < -0.4 is 21.0 Å². The van der Waals surface area contributed by atoms with E-state index in [1.807, 2.05) is 30.3 Å². The number of rotatable bonds is 9. The third kappa shape index (κ3) is 4.88. The largest absolute Gasteiger partial charge is 0.497 e. The molecule has 0 saturated heterocycles. The quantitative estimate of drug-likeness (QED) is 0.252. The number of hydrogen-bond donors (Lipinski definition) is 1. The highest BCUT2D eigenvalue weighted by atomic mass is 16.5. The van der Waals surface area contributed by atoms with Gasteiger partial charge in [-0.15, -0.1) is 0 Å². The third-order valence-corrected chi connectivity index (χ3v) is 7.17. The van der Waals surface area contributed by atoms with E-state index in [1.165, 1.54) is 16.2 Å². The molecule has 0 spiro atoms. The van der Waals surface area contributed by atoms with Crippen LogP contribution in [-0.2, 0) is 19.7 Å². The minimum atomic E-state index is -0.567. The number of carbonyl (C=O) groups is 1. The second-order valence-corrected chi connectivity index (χ2v) is 9.82. The lowest BCUT2D eigenvalue weighted by Gasteiger charge is -2.12. The molecule has 0 saturated carbocycles. The van der Waals surface area contributed by atoms with Gasteiger partial charge < -0.3 is 23.4 Å². The number of fused-ring (bicyclic) bond motifs is 2. The Kier molecular flexibility index (Phi) is 6.97. The minimum absolute atomic E-state index is 0.127. The van der Waals surface area contributed by atoms with Gasteiger partial charge >= 0.3 is 11.5 Å². The van der Waals surface area contributed by atoms with E-state index in [0.717, 1.165) is 5.56 Å². The van der Waals surface area contributed by atoms with Crippen molar-refractivity contribution in [3.63, 3.8) is 0 Å². The Bertz CT molecular complexity index is 2080.